The molecular formula is C22H21F6NO4. The van der Waals surface area contributed by atoms with E-state index in [0.29, 0.717) is 30.5 Å². The summed E-state index contributed by atoms with van der Waals surface area (Å²) in [5.41, 5.74) is -2.50. The van der Waals surface area contributed by atoms with E-state index < -0.39 is 48.6 Å². The minimum absolute atomic E-state index is 0.0579. The van der Waals surface area contributed by atoms with Crippen LogP contribution in [0.15, 0.2) is 48.5 Å². The Morgan fingerprint density at radius 3 is 2.18 bits per heavy atom. The predicted octanol–water partition coefficient (Wildman–Crippen LogP) is 4.81. The number of carbonyl (C=O) groups excluding carboxylic acids is 1. The molecule has 0 bridgehead atoms. The molecule has 1 fully saturated rings. The number of halogens is 6. The molecule has 3 unspecified atom stereocenters. The van der Waals surface area contributed by atoms with Gasteiger partial charge in [-0.1, -0.05) is 30.3 Å². The molecule has 2 aromatic rings. The van der Waals surface area contributed by atoms with Crippen molar-refractivity contribution in [1.29, 1.82) is 0 Å². The molecule has 0 aromatic heterocycles. The van der Waals surface area contributed by atoms with E-state index in [2.05, 4.69) is 0 Å². The average molecular weight is 477 g/mol. The lowest BCUT2D eigenvalue weighted by Gasteiger charge is -2.42. The molecule has 1 heterocycles. The van der Waals surface area contributed by atoms with Crippen molar-refractivity contribution in [2.45, 2.75) is 37.5 Å². The van der Waals surface area contributed by atoms with Gasteiger partial charge in [0.25, 0.3) is 0 Å². The molecule has 3 rings (SSSR count). The van der Waals surface area contributed by atoms with Crippen LogP contribution < -0.4 is 0 Å². The van der Waals surface area contributed by atoms with Crippen molar-refractivity contribution < 1.29 is 45.3 Å². The monoisotopic (exact) mass is 477 g/mol. The van der Waals surface area contributed by atoms with Crippen LogP contribution in [0.5, 0.6) is 0 Å². The molecule has 1 saturated heterocycles. The fraction of sp³-hybridized carbons (Fsp3) is 0.409. The number of carbonyl (C=O) groups is 1. The first kappa shape index (κ1) is 25.2. The lowest BCUT2D eigenvalue weighted by atomic mass is 10.0. The molecule has 2 aromatic carbocycles. The molecule has 3 atom stereocenters. The molecule has 0 radical (unpaired) electrons. The number of aldehydes is 1. The van der Waals surface area contributed by atoms with Crippen molar-refractivity contribution in [3.05, 3.63) is 70.8 Å². The highest BCUT2D eigenvalue weighted by Gasteiger charge is 2.39. The molecule has 0 amide bonds. The minimum atomic E-state index is -4.96. The van der Waals surface area contributed by atoms with Crippen LogP contribution in [-0.4, -0.2) is 44.0 Å². The number of benzene rings is 2. The minimum Gasteiger partial charge on any atom is -0.359 e. The molecule has 0 spiro atoms. The highest BCUT2D eigenvalue weighted by atomic mass is 19.4. The maximum Gasteiger partial charge on any atom is 0.416 e. The maximum absolute atomic E-state index is 13.1. The van der Waals surface area contributed by atoms with Crippen molar-refractivity contribution in [2.24, 2.45) is 0 Å². The van der Waals surface area contributed by atoms with Gasteiger partial charge in [0.05, 0.1) is 30.4 Å². The molecule has 1 aliphatic heterocycles. The SMILES string of the molecule is COC(C=O)N1CCOC(OCc2cc(C(F)(F)F)cc(C(F)(F)F)c2)C1c1ccccc1. The number of hydrogen-bond acceptors (Lipinski definition) is 5. The Kier molecular flexibility index (Phi) is 7.78. The van der Waals surface area contributed by atoms with E-state index in [9.17, 15) is 31.1 Å². The Morgan fingerprint density at radius 1 is 1.06 bits per heavy atom. The zero-order valence-electron chi connectivity index (χ0n) is 17.4. The van der Waals surface area contributed by atoms with E-state index in [1.54, 1.807) is 35.2 Å². The standard InChI is InChI=1S/C22H21F6NO4/c1-31-18(12-30)29-7-8-32-20(19(29)15-5-3-2-4-6-15)33-13-14-9-16(21(23,24)25)11-17(10-14)22(26,27)28/h2-6,9-12,18-20H,7-8,13H2,1H3. The number of alkyl halides is 6. The second-order valence-corrected chi connectivity index (χ2v) is 7.32. The predicted molar refractivity (Wildman–Crippen MR) is 104 cm³/mol. The van der Waals surface area contributed by atoms with E-state index in [0.717, 1.165) is 0 Å². The van der Waals surface area contributed by atoms with Crippen LogP contribution in [0.4, 0.5) is 26.3 Å². The number of methoxy groups -OCH3 is 1. The zero-order chi connectivity index (χ0) is 24.2. The summed E-state index contributed by atoms with van der Waals surface area (Å²) in [6, 6.07) is 9.31. The Labute approximate surface area is 185 Å². The topological polar surface area (TPSA) is 48.0 Å². The highest BCUT2D eigenvalue weighted by Crippen LogP contribution is 2.37. The van der Waals surface area contributed by atoms with Gasteiger partial charge >= 0.3 is 12.4 Å². The average Bonchev–Trinajstić information content (AvgIpc) is 2.78. The third-order valence-corrected chi connectivity index (χ3v) is 5.13. The van der Waals surface area contributed by atoms with Crippen LogP contribution >= 0.6 is 0 Å². The maximum atomic E-state index is 13.1. The van der Waals surface area contributed by atoms with Gasteiger partial charge in [-0.2, -0.15) is 26.3 Å². The van der Waals surface area contributed by atoms with Gasteiger partial charge in [-0.15, -0.1) is 0 Å². The van der Waals surface area contributed by atoms with Gasteiger partial charge in [0, 0.05) is 13.7 Å². The van der Waals surface area contributed by atoms with Gasteiger partial charge in [-0.3, -0.25) is 9.69 Å². The summed E-state index contributed by atoms with van der Waals surface area (Å²) in [5.74, 6) is 0. The molecule has 0 saturated carbocycles. The molecule has 180 valence electrons. The van der Waals surface area contributed by atoms with E-state index >= 15 is 0 Å². The zero-order valence-corrected chi connectivity index (χ0v) is 17.4. The lowest BCUT2D eigenvalue weighted by molar-refractivity contribution is -0.236. The first-order valence-corrected chi connectivity index (χ1v) is 9.85. The molecule has 0 N–H and O–H groups in total. The summed E-state index contributed by atoms with van der Waals surface area (Å²) >= 11 is 0. The Balaban J connectivity index is 1.90. The van der Waals surface area contributed by atoms with Gasteiger partial charge in [-0.25, -0.2) is 0 Å². The van der Waals surface area contributed by atoms with E-state index in [4.69, 9.17) is 14.2 Å². The largest absolute Gasteiger partial charge is 0.416 e. The van der Waals surface area contributed by atoms with E-state index in [-0.39, 0.29) is 18.2 Å². The number of rotatable bonds is 7. The van der Waals surface area contributed by atoms with Crippen LogP contribution in [0.1, 0.15) is 28.3 Å². The van der Waals surface area contributed by atoms with Crippen molar-refractivity contribution in [3.8, 4) is 0 Å². The van der Waals surface area contributed by atoms with Crippen LogP contribution in [0.3, 0.4) is 0 Å². The first-order chi connectivity index (χ1) is 15.5. The van der Waals surface area contributed by atoms with Crippen LogP contribution in [0.2, 0.25) is 0 Å². The summed E-state index contributed by atoms with van der Waals surface area (Å²) in [6.07, 6.45) is -11.4. The van der Waals surface area contributed by atoms with E-state index in [1.165, 1.54) is 7.11 Å². The normalized spacial score (nSPS) is 21.1. The van der Waals surface area contributed by atoms with Crippen molar-refractivity contribution in [1.82, 2.24) is 4.90 Å². The quantitative estimate of drug-likeness (QED) is 0.423. The van der Waals surface area contributed by atoms with Gasteiger partial charge < -0.3 is 14.2 Å². The van der Waals surface area contributed by atoms with Gasteiger partial charge in [0.15, 0.2) is 18.8 Å². The van der Waals surface area contributed by atoms with Gasteiger partial charge in [-0.05, 0) is 29.3 Å². The van der Waals surface area contributed by atoms with Gasteiger partial charge in [0.2, 0.25) is 0 Å². The Morgan fingerprint density at radius 2 is 1.67 bits per heavy atom. The van der Waals surface area contributed by atoms with Crippen molar-refractivity contribution >= 4 is 6.29 Å². The summed E-state index contributed by atoms with van der Waals surface area (Å²) in [5, 5.41) is 0. The second-order valence-electron chi connectivity index (χ2n) is 7.32. The summed E-state index contributed by atoms with van der Waals surface area (Å²) in [7, 11) is 1.34. The number of morpholine rings is 1. The molecule has 0 aliphatic carbocycles. The van der Waals surface area contributed by atoms with E-state index in [1.807, 2.05) is 0 Å². The van der Waals surface area contributed by atoms with Crippen LogP contribution in [0, 0.1) is 0 Å². The third-order valence-electron chi connectivity index (χ3n) is 5.13. The smallest absolute Gasteiger partial charge is 0.359 e. The number of hydrogen-bond donors (Lipinski definition) is 0. The van der Waals surface area contributed by atoms with Gasteiger partial charge in [0.1, 0.15) is 0 Å². The van der Waals surface area contributed by atoms with Crippen LogP contribution in [0.25, 0.3) is 0 Å². The Bertz CT molecular complexity index is 902. The fourth-order valence-corrected chi connectivity index (χ4v) is 3.63. The fourth-order valence-electron chi connectivity index (χ4n) is 3.63. The van der Waals surface area contributed by atoms with Crippen molar-refractivity contribution in [3.63, 3.8) is 0 Å². The first-order valence-electron chi connectivity index (χ1n) is 9.85. The third kappa shape index (κ3) is 6.11. The van der Waals surface area contributed by atoms with Crippen molar-refractivity contribution in [2.75, 3.05) is 20.3 Å². The molecular weight excluding hydrogens is 456 g/mol. The summed E-state index contributed by atoms with van der Waals surface area (Å²) < 4.78 is 95.4. The summed E-state index contributed by atoms with van der Waals surface area (Å²) in [6.45, 7) is -0.176. The molecule has 11 heteroatoms. The van der Waals surface area contributed by atoms with Crippen LogP contribution in [-0.2, 0) is 38.0 Å². The summed E-state index contributed by atoms with van der Waals surface area (Å²) in [4.78, 5) is 13.2. The molecule has 33 heavy (non-hydrogen) atoms. The molecule has 1 aliphatic rings. The molecule has 5 nitrogen and oxygen atoms in total. The highest BCUT2D eigenvalue weighted by molar-refractivity contribution is 5.55. The number of nitrogens with zero attached hydrogens (tertiary/aromatic N) is 1. The second kappa shape index (κ2) is 10.2. The number of ether oxygens (including phenoxy) is 3. The lowest BCUT2D eigenvalue weighted by Crippen LogP contribution is -2.52. The Hall–Kier alpha value is -2.47.